The first-order valence-corrected chi connectivity index (χ1v) is 6.61. The maximum Gasteiger partial charge on any atom is 0.306 e. The lowest BCUT2D eigenvalue weighted by Gasteiger charge is -2.16. The topological polar surface area (TPSA) is 112 Å². The summed E-state index contributed by atoms with van der Waals surface area (Å²) < 4.78 is 4.62. The molecule has 0 aliphatic rings. The van der Waals surface area contributed by atoms with Crippen LogP contribution in [-0.2, 0) is 9.53 Å². The zero-order chi connectivity index (χ0) is 16.3. The molecular weight excluding hydrogens is 288 g/mol. The van der Waals surface area contributed by atoms with Crippen LogP contribution in [0.15, 0.2) is 34.0 Å². The van der Waals surface area contributed by atoms with E-state index in [2.05, 4.69) is 14.7 Å². The SMILES string of the molecule is COC(=O)CC(c1ccc[nH]c1=O)c1c(O)cc(C)[nH]c1=O. The average molecular weight is 304 g/mol. The smallest absolute Gasteiger partial charge is 0.306 e. The van der Waals surface area contributed by atoms with Crippen LogP contribution in [0, 0.1) is 6.92 Å². The molecule has 116 valence electrons. The van der Waals surface area contributed by atoms with E-state index in [4.69, 9.17) is 0 Å². The molecule has 0 aliphatic heterocycles. The molecule has 0 saturated carbocycles. The molecule has 2 rings (SSSR count). The lowest BCUT2D eigenvalue weighted by Crippen LogP contribution is -2.25. The second-order valence-corrected chi connectivity index (χ2v) is 4.87. The number of aromatic hydroxyl groups is 1. The number of H-pyrrole nitrogens is 2. The highest BCUT2D eigenvalue weighted by atomic mass is 16.5. The average Bonchev–Trinajstić information content (AvgIpc) is 2.45. The summed E-state index contributed by atoms with van der Waals surface area (Å²) in [4.78, 5) is 40.9. The number of aryl methyl sites for hydroxylation is 1. The third-order valence-electron chi connectivity index (χ3n) is 3.36. The minimum absolute atomic E-state index is 0.0345. The molecule has 2 aromatic heterocycles. The standard InChI is InChI=1S/C15H16N2O5/c1-8-6-11(18)13(15(21)17-8)10(7-12(19)22-2)9-4-3-5-16-14(9)20/h3-6,10H,7H2,1-2H3,(H,16,20)(H2,17,18,21). The van der Waals surface area contributed by atoms with Crippen LogP contribution in [0.4, 0.5) is 0 Å². The van der Waals surface area contributed by atoms with Gasteiger partial charge >= 0.3 is 5.97 Å². The van der Waals surface area contributed by atoms with E-state index in [-0.39, 0.29) is 23.3 Å². The van der Waals surface area contributed by atoms with Crippen molar-refractivity contribution in [3.63, 3.8) is 0 Å². The number of aromatic amines is 2. The second kappa shape index (κ2) is 6.30. The summed E-state index contributed by atoms with van der Waals surface area (Å²) in [6.45, 7) is 1.62. The van der Waals surface area contributed by atoms with E-state index in [0.29, 0.717) is 5.69 Å². The van der Waals surface area contributed by atoms with E-state index < -0.39 is 23.0 Å². The molecule has 1 unspecified atom stereocenters. The van der Waals surface area contributed by atoms with E-state index in [1.807, 2.05) is 0 Å². The molecule has 2 aromatic rings. The summed E-state index contributed by atoms with van der Waals surface area (Å²) in [5.74, 6) is -1.76. The Bertz CT molecular complexity index is 806. The Labute approximate surface area is 125 Å². The van der Waals surface area contributed by atoms with Crippen LogP contribution in [0.5, 0.6) is 5.75 Å². The maximum absolute atomic E-state index is 12.2. The van der Waals surface area contributed by atoms with E-state index >= 15 is 0 Å². The van der Waals surface area contributed by atoms with Gasteiger partial charge in [-0.15, -0.1) is 0 Å². The molecule has 7 nitrogen and oxygen atoms in total. The van der Waals surface area contributed by atoms with Crippen LogP contribution in [-0.4, -0.2) is 28.2 Å². The van der Waals surface area contributed by atoms with Gasteiger partial charge in [-0.2, -0.15) is 0 Å². The second-order valence-electron chi connectivity index (χ2n) is 4.87. The summed E-state index contributed by atoms with van der Waals surface area (Å²) in [5.41, 5.74) is -0.333. The predicted molar refractivity (Wildman–Crippen MR) is 79.0 cm³/mol. The van der Waals surface area contributed by atoms with Crippen molar-refractivity contribution in [2.24, 2.45) is 0 Å². The number of aromatic nitrogens is 2. The van der Waals surface area contributed by atoms with Gasteiger partial charge < -0.3 is 19.8 Å². The highest BCUT2D eigenvalue weighted by molar-refractivity contribution is 5.71. The van der Waals surface area contributed by atoms with Gasteiger partial charge in [0.25, 0.3) is 11.1 Å². The number of esters is 1. The minimum atomic E-state index is -0.901. The van der Waals surface area contributed by atoms with E-state index in [9.17, 15) is 19.5 Å². The number of nitrogens with one attached hydrogen (secondary N) is 2. The van der Waals surface area contributed by atoms with Crippen LogP contribution in [0.2, 0.25) is 0 Å². The Balaban J connectivity index is 2.65. The molecule has 0 fully saturated rings. The first-order valence-electron chi connectivity index (χ1n) is 6.61. The highest BCUT2D eigenvalue weighted by Crippen LogP contribution is 2.30. The molecule has 0 aromatic carbocycles. The molecule has 0 spiro atoms. The first-order chi connectivity index (χ1) is 10.4. The van der Waals surface area contributed by atoms with Crippen LogP contribution in [0.1, 0.15) is 29.2 Å². The maximum atomic E-state index is 12.2. The van der Waals surface area contributed by atoms with Gasteiger partial charge in [0.15, 0.2) is 0 Å². The fraction of sp³-hybridized carbons (Fsp3) is 0.267. The summed E-state index contributed by atoms with van der Waals surface area (Å²) >= 11 is 0. The Morgan fingerprint density at radius 2 is 2.09 bits per heavy atom. The third-order valence-corrected chi connectivity index (χ3v) is 3.36. The molecule has 0 saturated heterocycles. The number of methoxy groups -OCH3 is 1. The van der Waals surface area contributed by atoms with Gasteiger partial charge in [-0.05, 0) is 19.1 Å². The summed E-state index contributed by atoms with van der Waals surface area (Å²) in [7, 11) is 1.22. The molecular formula is C15H16N2O5. The molecule has 1 atom stereocenters. The van der Waals surface area contributed by atoms with Crippen molar-refractivity contribution < 1.29 is 14.6 Å². The van der Waals surface area contributed by atoms with Gasteiger partial charge in [0, 0.05) is 23.4 Å². The van der Waals surface area contributed by atoms with Crippen molar-refractivity contribution in [1.82, 2.24) is 9.97 Å². The van der Waals surface area contributed by atoms with Gasteiger partial charge in [-0.25, -0.2) is 0 Å². The Morgan fingerprint density at radius 3 is 2.68 bits per heavy atom. The lowest BCUT2D eigenvalue weighted by molar-refractivity contribution is -0.140. The van der Waals surface area contributed by atoms with Crippen molar-refractivity contribution in [3.05, 3.63) is 61.9 Å². The van der Waals surface area contributed by atoms with Crippen LogP contribution < -0.4 is 11.1 Å². The van der Waals surface area contributed by atoms with E-state index in [0.717, 1.165) is 0 Å². The lowest BCUT2D eigenvalue weighted by atomic mass is 9.89. The van der Waals surface area contributed by atoms with Crippen LogP contribution in [0.25, 0.3) is 0 Å². The fourth-order valence-corrected chi connectivity index (χ4v) is 2.34. The Hall–Kier alpha value is -2.83. The zero-order valence-electron chi connectivity index (χ0n) is 12.2. The number of hydrogen-bond acceptors (Lipinski definition) is 5. The molecule has 7 heteroatoms. The van der Waals surface area contributed by atoms with Crippen LogP contribution in [0.3, 0.4) is 0 Å². The number of carbonyl (C=O) groups is 1. The van der Waals surface area contributed by atoms with Crippen LogP contribution >= 0.6 is 0 Å². The minimum Gasteiger partial charge on any atom is -0.507 e. The van der Waals surface area contributed by atoms with Crippen molar-refractivity contribution in [3.8, 4) is 5.75 Å². The number of carbonyl (C=O) groups excluding carboxylic acids is 1. The Kier molecular flexibility index (Phi) is 4.45. The molecule has 2 heterocycles. The number of rotatable bonds is 4. The predicted octanol–water partition coefficient (Wildman–Crippen LogP) is 0.772. The van der Waals surface area contributed by atoms with Crippen molar-refractivity contribution in [2.45, 2.75) is 19.3 Å². The van der Waals surface area contributed by atoms with Gasteiger partial charge in [0.05, 0.1) is 19.1 Å². The number of hydrogen-bond donors (Lipinski definition) is 3. The monoisotopic (exact) mass is 304 g/mol. The quantitative estimate of drug-likeness (QED) is 0.722. The van der Waals surface area contributed by atoms with Crippen molar-refractivity contribution >= 4 is 5.97 Å². The van der Waals surface area contributed by atoms with E-state index in [1.54, 1.807) is 13.0 Å². The number of pyridine rings is 2. The highest BCUT2D eigenvalue weighted by Gasteiger charge is 2.26. The summed E-state index contributed by atoms with van der Waals surface area (Å²) in [6.07, 6.45) is 1.21. The molecule has 3 N–H and O–H groups in total. The first kappa shape index (κ1) is 15.6. The number of ether oxygens (including phenoxy) is 1. The molecule has 0 radical (unpaired) electrons. The third kappa shape index (κ3) is 3.08. The Morgan fingerprint density at radius 1 is 1.36 bits per heavy atom. The molecule has 0 aliphatic carbocycles. The normalized spacial score (nSPS) is 11.9. The molecule has 22 heavy (non-hydrogen) atoms. The molecule has 0 amide bonds. The van der Waals surface area contributed by atoms with E-state index in [1.165, 1.54) is 25.4 Å². The van der Waals surface area contributed by atoms with Crippen molar-refractivity contribution in [1.29, 1.82) is 0 Å². The van der Waals surface area contributed by atoms with Gasteiger partial charge in [0.2, 0.25) is 0 Å². The summed E-state index contributed by atoms with van der Waals surface area (Å²) in [5, 5.41) is 10.1. The largest absolute Gasteiger partial charge is 0.507 e. The van der Waals surface area contributed by atoms with Gasteiger partial charge in [0.1, 0.15) is 5.75 Å². The fourth-order valence-electron chi connectivity index (χ4n) is 2.34. The van der Waals surface area contributed by atoms with Gasteiger partial charge in [-0.1, -0.05) is 6.07 Å². The molecule has 0 bridgehead atoms. The summed E-state index contributed by atoms with van der Waals surface area (Å²) in [6, 6.07) is 4.46. The van der Waals surface area contributed by atoms with Crippen molar-refractivity contribution in [2.75, 3.05) is 7.11 Å². The van der Waals surface area contributed by atoms with Gasteiger partial charge in [-0.3, -0.25) is 14.4 Å². The zero-order valence-corrected chi connectivity index (χ0v) is 12.2.